The van der Waals surface area contributed by atoms with Crippen LogP contribution >= 0.6 is 23.7 Å². The molecule has 1 amide bonds. The molecule has 3 aliphatic rings. The largest absolute Gasteiger partial charge is 0.366 e. The fourth-order valence-electron chi connectivity index (χ4n) is 4.41. The molecule has 9 nitrogen and oxygen atoms in total. The molecule has 2 aromatic heterocycles. The number of pyridine rings is 1. The predicted octanol–water partition coefficient (Wildman–Crippen LogP) is 4.08. The molecule has 0 aromatic carbocycles. The van der Waals surface area contributed by atoms with E-state index in [2.05, 4.69) is 26.7 Å². The molecule has 3 heterocycles. The number of rotatable bonds is 8. The van der Waals surface area contributed by atoms with Crippen molar-refractivity contribution in [2.45, 2.75) is 50.0 Å². The molecule has 2 saturated carbocycles. The van der Waals surface area contributed by atoms with Crippen LogP contribution in [0.1, 0.15) is 45.4 Å². The average molecular weight is 543 g/mol. The summed E-state index contributed by atoms with van der Waals surface area (Å²) in [6.07, 6.45) is 6.54. The Balaban J connectivity index is 1.43. The Bertz CT molecular complexity index is 1290. The molecule has 0 radical (unpaired) electrons. The van der Waals surface area contributed by atoms with Crippen LogP contribution in [-0.2, 0) is 4.79 Å². The molecule has 37 heavy (non-hydrogen) atoms. The summed E-state index contributed by atoms with van der Waals surface area (Å²) in [6.45, 7) is 6.02. The first kappa shape index (κ1) is 26.0. The Morgan fingerprint density at radius 2 is 1.95 bits per heavy atom. The van der Waals surface area contributed by atoms with E-state index in [1.165, 1.54) is 11.9 Å². The van der Waals surface area contributed by atoms with Crippen molar-refractivity contribution in [2.75, 3.05) is 37.8 Å². The minimum absolute atomic E-state index is 0.0373. The number of halogens is 1. The lowest BCUT2D eigenvalue weighted by Gasteiger charge is -2.37. The van der Waals surface area contributed by atoms with Crippen LogP contribution in [0, 0.1) is 33.5 Å². The van der Waals surface area contributed by atoms with E-state index in [9.17, 15) is 14.4 Å². The molecule has 0 atom stereocenters. The van der Waals surface area contributed by atoms with Crippen LogP contribution in [-0.4, -0.2) is 68.7 Å². The van der Waals surface area contributed by atoms with Gasteiger partial charge in [0, 0.05) is 43.2 Å². The quantitative estimate of drug-likeness (QED) is 0.261. The van der Waals surface area contributed by atoms with Crippen LogP contribution in [0.25, 0.3) is 5.52 Å². The summed E-state index contributed by atoms with van der Waals surface area (Å²) < 4.78 is 18.6. The number of nitriles is 1. The lowest BCUT2D eigenvalue weighted by molar-refractivity contribution is -0.134. The number of nitrogens with zero attached hydrogens (tertiary/aromatic N) is 5. The maximum atomic E-state index is 13.5. The molecular weight excluding hydrogens is 511 g/mol. The number of piperazine rings is 1. The number of imidazole rings is 1. The van der Waals surface area contributed by atoms with Gasteiger partial charge in [-0.3, -0.25) is 24.7 Å². The highest BCUT2D eigenvalue weighted by Crippen LogP contribution is 2.49. The van der Waals surface area contributed by atoms with E-state index in [1.54, 1.807) is 6.20 Å². The Morgan fingerprint density at radius 3 is 2.51 bits per heavy atom. The topological polar surface area (TPSA) is 124 Å². The molecule has 0 unspecified atom stereocenters. The summed E-state index contributed by atoms with van der Waals surface area (Å²) in [6, 6.07) is 4.27. The molecule has 2 aliphatic carbocycles. The number of alkyl halides is 1. The number of aromatic nitrogens is 2. The number of carbonyl (C=O) groups excluding carboxylic acids is 1. The van der Waals surface area contributed by atoms with Crippen LogP contribution in [0.5, 0.6) is 0 Å². The van der Waals surface area contributed by atoms with Crippen LogP contribution < -0.4 is 9.62 Å². The summed E-state index contributed by atoms with van der Waals surface area (Å²) in [7, 11) is 0. The van der Waals surface area contributed by atoms with Gasteiger partial charge in [-0.2, -0.15) is 5.26 Å². The summed E-state index contributed by atoms with van der Waals surface area (Å²) >= 11 is 2.36. The Hall–Kier alpha value is -2.62. The van der Waals surface area contributed by atoms with Gasteiger partial charge in [0.25, 0.3) is 0 Å². The normalized spacial score (nSPS) is 19.6. The van der Waals surface area contributed by atoms with E-state index < -0.39 is 17.6 Å². The highest BCUT2D eigenvalue weighted by molar-refractivity contribution is 8.26. The van der Waals surface area contributed by atoms with E-state index in [-0.39, 0.29) is 21.9 Å². The second kappa shape index (κ2) is 9.93. The van der Waals surface area contributed by atoms with Crippen molar-refractivity contribution in [3.05, 3.63) is 24.3 Å². The number of hydrogen-bond acceptors (Lipinski definition) is 9. The van der Waals surface area contributed by atoms with Gasteiger partial charge in [0.1, 0.15) is 17.1 Å². The van der Waals surface area contributed by atoms with E-state index in [4.69, 9.17) is 10.8 Å². The van der Waals surface area contributed by atoms with E-state index in [1.807, 2.05) is 29.3 Å². The van der Waals surface area contributed by atoms with Crippen molar-refractivity contribution < 1.29 is 9.18 Å². The number of carbonyl (C=O) groups is 1. The zero-order chi connectivity index (χ0) is 26.4. The number of hydrogen-bond donors (Lipinski definition) is 3. The molecule has 196 valence electrons. The van der Waals surface area contributed by atoms with Crippen molar-refractivity contribution >= 4 is 50.9 Å². The minimum atomic E-state index is -0.752. The van der Waals surface area contributed by atoms with Gasteiger partial charge in [-0.15, -0.1) is 0 Å². The number of thioether (sulfide) groups is 1. The summed E-state index contributed by atoms with van der Waals surface area (Å²) in [5, 5.41) is 26.8. The van der Waals surface area contributed by atoms with Crippen molar-refractivity contribution in [1.29, 1.82) is 16.1 Å². The zero-order valence-electron chi connectivity index (χ0n) is 21.0. The highest BCUT2D eigenvalue weighted by Gasteiger charge is 2.48. The molecule has 3 fully saturated rings. The van der Waals surface area contributed by atoms with E-state index in [0.717, 1.165) is 40.7 Å². The number of anilines is 1. The second-order valence-electron chi connectivity index (χ2n) is 10.4. The summed E-state index contributed by atoms with van der Waals surface area (Å²) in [4.78, 5) is 22.0. The standard InChI is InChI=1S/C25H31FN8OS2/c1-16(2)22(35)33-9-7-32(8-10-33)18-11-17(37-31-25(14-26)5-6-25)13-34-19(18)12-30-21(34)20(28)36-23(29)24(15-27)3-4-24/h11-13,16,28-29,31H,3-10,14H2,1-2H3. The zero-order valence-corrected chi connectivity index (χ0v) is 22.6. The third-order valence-electron chi connectivity index (χ3n) is 7.32. The minimum Gasteiger partial charge on any atom is -0.366 e. The van der Waals surface area contributed by atoms with Crippen LogP contribution in [0.4, 0.5) is 10.1 Å². The van der Waals surface area contributed by atoms with Gasteiger partial charge in [-0.25, -0.2) is 9.37 Å². The average Bonchev–Trinajstić information content (AvgIpc) is 3.83. The molecule has 0 spiro atoms. The molecule has 12 heteroatoms. The lowest BCUT2D eigenvalue weighted by atomic mass is 10.1. The molecule has 0 bridgehead atoms. The third kappa shape index (κ3) is 5.09. The molecule has 2 aromatic rings. The van der Waals surface area contributed by atoms with Crippen molar-refractivity contribution in [3.63, 3.8) is 0 Å². The predicted molar refractivity (Wildman–Crippen MR) is 145 cm³/mol. The van der Waals surface area contributed by atoms with Crippen molar-refractivity contribution in [3.8, 4) is 6.07 Å². The Kier molecular flexibility index (Phi) is 6.98. The van der Waals surface area contributed by atoms with Gasteiger partial charge in [-0.1, -0.05) is 25.6 Å². The first-order chi connectivity index (χ1) is 17.7. The first-order valence-corrected chi connectivity index (χ1v) is 14.2. The maximum Gasteiger partial charge on any atom is 0.225 e. The van der Waals surface area contributed by atoms with Gasteiger partial charge in [0.05, 0.1) is 34.1 Å². The maximum absolute atomic E-state index is 13.5. The molecule has 3 N–H and O–H groups in total. The molecule has 1 aliphatic heterocycles. The molecule has 5 rings (SSSR count). The van der Waals surface area contributed by atoms with Gasteiger partial charge < -0.3 is 9.80 Å². The third-order valence-corrected chi connectivity index (χ3v) is 9.30. The van der Waals surface area contributed by atoms with Crippen molar-refractivity contribution in [2.24, 2.45) is 11.3 Å². The fraction of sp³-hybridized carbons (Fsp3) is 0.560. The van der Waals surface area contributed by atoms with Gasteiger partial charge >= 0.3 is 0 Å². The number of nitrogens with one attached hydrogen (secondary N) is 3. The second-order valence-corrected chi connectivity index (χ2v) is 12.3. The SMILES string of the molecule is CC(C)C(=O)N1CCN(c2cc(SNC3(CF)CC3)cn3c(C(=N)SC(=N)C4(C#N)CC4)ncc23)CC1. The summed E-state index contributed by atoms with van der Waals surface area (Å²) in [5.41, 5.74) is 0.551. The lowest BCUT2D eigenvalue weighted by Crippen LogP contribution is -2.50. The fourth-order valence-corrected chi connectivity index (χ4v) is 6.22. The van der Waals surface area contributed by atoms with Gasteiger partial charge in [0.15, 0.2) is 5.82 Å². The van der Waals surface area contributed by atoms with Crippen LogP contribution in [0.2, 0.25) is 0 Å². The van der Waals surface area contributed by atoms with Crippen molar-refractivity contribution in [1.82, 2.24) is 19.0 Å². The van der Waals surface area contributed by atoms with Gasteiger partial charge in [-0.05, 0) is 43.7 Å². The number of fused-ring (bicyclic) bond motifs is 1. The van der Waals surface area contributed by atoms with Crippen LogP contribution in [0.3, 0.4) is 0 Å². The molecule has 1 saturated heterocycles. The molecular formula is C25H31FN8OS2. The monoisotopic (exact) mass is 542 g/mol. The highest BCUT2D eigenvalue weighted by atomic mass is 32.2. The smallest absolute Gasteiger partial charge is 0.225 e. The van der Waals surface area contributed by atoms with Gasteiger partial charge in [0.2, 0.25) is 5.91 Å². The first-order valence-electron chi connectivity index (χ1n) is 12.5. The van der Waals surface area contributed by atoms with E-state index in [0.29, 0.717) is 44.8 Å². The summed E-state index contributed by atoms with van der Waals surface area (Å²) in [5.74, 6) is 0.525. The number of amides is 1. The Morgan fingerprint density at radius 1 is 1.24 bits per heavy atom. The van der Waals surface area contributed by atoms with E-state index >= 15 is 0 Å². The van der Waals surface area contributed by atoms with Crippen LogP contribution in [0.15, 0.2) is 23.4 Å². The Labute approximate surface area is 224 Å².